The van der Waals surface area contributed by atoms with E-state index in [4.69, 9.17) is 5.73 Å². The van der Waals surface area contributed by atoms with Crippen molar-refractivity contribution in [2.45, 2.75) is 4.21 Å². The predicted octanol–water partition coefficient (Wildman–Crippen LogP) is 3.17. The largest absolute Gasteiger partial charge is 0.398 e. The molecule has 1 aromatic heterocycles. The van der Waals surface area contributed by atoms with E-state index in [0.717, 1.165) is 17.4 Å². The first-order valence-corrected chi connectivity index (χ1v) is 7.96. The summed E-state index contributed by atoms with van der Waals surface area (Å²) in [5.41, 5.74) is 5.38. The summed E-state index contributed by atoms with van der Waals surface area (Å²) in [5, 5.41) is 1.45. The van der Waals surface area contributed by atoms with E-state index < -0.39 is 21.7 Å². The summed E-state index contributed by atoms with van der Waals surface area (Å²) in [5.74, 6) is -1.83. The van der Waals surface area contributed by atoms with E-state index in [9.17, 15) is 17.2 Å². The van der Waals surface area contributed by atoms with Gasteiger partial charge in [-0.05, 0) is 28.1 Å². The van der Waals surface area contributed by atoms with Crippen molar-refractivity contribution in [2.75, 3.05) is 10.5 Å². The van der Waals surface area contributed by atoms with Gasteiger partial charge in [-0.2, -0.15) is 0 Å². The van der Waals surface area contributed by atoms with E-state index in [2.05, 4.69) is 20.7 Å². The van der Waals surface area contributed by atoms with Gasteiger partial charge >= 0.3 is 0 Å². The third kappa shape index (κ3) is 3.04. The van der Waals surface area contributed by atoms with Crippen molar-refractivity contribution in [3.8, 4) is 0 Å². The van der Waals surface area contributed by atoms with Crippen molar-refractivity contribution in [1.29, 1.82) is 0 Å². The number of nitrogens with one attached hydrogen (secondary N) is 1. The second-order valence-electron chi connectivity index (χ2n) is 3.55. The van der Waals surface area contributed by atoms with Gasteiger partial charge in [0.1, 0.15) is 10.0 Å². The van der Waals surface area contributed by atoms with Crippen LogP contribution in [0.4, 0.5) is 20.2 Å². The lowest BCUT2D eigenvalue weighted by Crippen LogP contribution is -2.13. The molecular formula is C10H7BrF2N2O2S2. The number of nitrogen functional groups attached to an aromatic ring is 1. The number of benzene rings is 1. The van der Waals surface area contributed by atoms with Crippen molar-refractivity contribution < 1.29 is 17.2 Å². The van der Waals surface area contributed by atoms with Gasteiger partial charge in [0.05, 0.1) is 5.69 Å². The van der Waals surface area contributed by atoms with Crippen LogP contribution in [0.5, 0.6) is 0 Å². The quantitative estimate of drug-likeness (QED) is 0.873. The molecule has 0 unspecified atom stereocenters. The first-order chi connectivity index (χ1) is 8.79. The molecule has 2 aromatic rings. The molecule has 1 heterocycles. The monoisotopic (exact) mass is 368 g/mol. The van der Waals surface area contributed by atoms with Crippen LogP contribution in [-0.2, 0) is 10.0 Å². The molecule has 0 aliphatic carbocycles. The van der Waals surface area contributed by atoms with Crippen molar-refractivity contribution >= 4 is 48.7 Å². The minimum absolute atomic E-state index is 0.0295. The highest BCUT2D eigenvalue weighted by atomic mass is 79.9. The Bertz CT molecular complexity index is 708. The molecule has 102 valence electrons. The Morgan fingerprint density at radius 1 is 1.26 bits per heavy atom. The molecule has 0 atom stereocenters. The van der Waals surface area contributed by atoms with Crippen LogP contribution in [0.25, 0.3) is 0 Å². The maximum Gasteiger partial charge on any atom is 0.271 e. The molecule has 0 aliphatic heterocycles. The minimum Gasteiger partial charge on any atom is -0.398 e. The average Bonchev–Trinajstić information content (AvgIpc) is 2.71. The Morgan fingerprint density at radius 2 is 1.95 bits per heavy atom. The van der Waals surface area contributed by atoms with Crippen LogP contribution >= 0.6 is 27.3 Å². The van der Waals surface area contributed by atoms with Gasteiger partial charge < -0.3 is 5.73 Å². The summed E-state index contributed by atoms with van der Waals surface area (Å²) in [6, 6.07) is 2.80. The van der Waals surface area contributed by atoms with Crippen molar-refractivity contribution in [2.24, 2.45) is 0 Å². The SMILES string of the molecule is Nc1csc(S(=O)(=O)Nc2c(F)cc(F)cc2Br)c1. The second-order valence-corrected chi connectivity index (χ2v) is 7.22. The van der Waals surface area contributed by atoms with E-state index in [-0.39, 0.29) is 14.4 Å². The summed E-state index contributed by atoms with van der Waals surface area (Å²) in [6.45, 7) is 0. The third-order valence-corrected chi connectivity index (χ3v) is 5.54. The molecule has 0 aliphatic rings. The fraction of sp³-hybridized carbons (Fsp3) is 0. The molecule has 3 N–H and O–H groups in total. The Balaban J connectivity index is 2.41. The molecule has 0 fully saturated rings. The zero-order valence-electron chi connectivity index (χ0n) is 9.15. The van der Waals surface area contributed by atoms with E-state index in [0.29, 0.717) is 11.8 Å². The third-order valence-electron chi connectivity index (χ3n) is 2.10. The van der Waals surface area contributed by atoms with Crippen LogP contribution in [0.2, 0.25) is 0 Å². The van der Waals surface area contributed by atoms with E-state index in [1.165, 1.54) is 11.4 Å². The van der Waals surface area contributed by atoms with Gasteiger partial charge in [0.15, 0.2) is 5.82 Å². The first-order valence-electron chi connectivity index (χ1n) is 4.81. The highest BCUT2D eigenvalue weighted by molar-refractivity contribution is 9.10. The molecule has 0 radical (unpaired) electrons. The fourth-order valence-corrected chi connectivity index (χ4v) is 4.10. The lowest BCUT2D eigenvalue weighted by Gasteiger charge is -2.09. The molecule has 19 heavy (non-hydrogen) atoms. The number of hydrogen-bond donors (Lipinski definition) is 2. The summed E-state index contributed by atoms with van der Waals surface area (Å²) in [4.78, 5) is 0. The summed E-state index contributed by atoms with van der Waals surface area (Å²) in [6.07, 6.45) is 0. The lowest BCUT2D eigenvalue weighted by molar-refractivity contribution is 0.582. The zero-order valence-corrected chi connectivity index (χ0v) is 12.4. The van der Waals surface area contributed by atoms with Gasteiger partial charge in [-0.1, -0.05) is 0 Å². The van der Waals surface area contributed by atoms with Crippen molar-refractivity contribution in [3.05, 3.63) is 39.7 Å². The highest BCUT2D eigenvalue weighted by Gasteiger charge is 2.20. The molecular weight excluding hydrogens is 362 g/mol. The molecule has 0 amide bonds. The number of anilines is 2. The van der Waals surface area contributed by atoms with Gasteiger partial charge in [-0.25, -0.2) is 17.2 Å². The molecule has 2 rings (SSSR count). The van der Waals surface area contributed by atoms with Crippen LogP contribution in [0.15, 0.2) is 32.3 Å². The van der Waals surface area contributed by atoms with Gasteiger partial charge in [0, 0.05) is 21.6 Å². The molecule has 0 saturated heterocycles. The van der Waals surface area contributed by atoms with Gasteiger partial charge in [-0.15, -0.1) is 11.3 Å². The molecule has 0 bridgehead atoms. The normalized spacial score (nSPS) is 11.5. The number of sulfonamides is 1. The van der Waals surface area contributed by atoms with E-state index in [1.54, 1.807) is 0 Å². The molecule has 9 heteroatoms. The average molecular weight is 369 g/mol. The van der Waals surface area contributed by atoms with Crippen LogP contribution < -0.4 is 10.5 Å². The van der Waals surface area contributed by atoms with Crippen molar-refractivity contribution in [3.63, 3.8) is 0 Å². The van der Waals surface area contributed by atoms with Crippen LogP contribution in [0.1, 0.15) is 0 Å². The summed E-state index contributed by atoms with van der Waals surface area (Å²) in [7, 11) is -3.95. The standard InChI is InChI=1S/C10H7BrF2N2O2S2/c11-7-1-5(12)2-8(13)10(7)15-19(16,17)9-3-6(14)4-18-9/h1-4,15H,14H2. The van der Waals surface area contributed by atoms with Gasteiger partial charge in [0.25, 0.3) is 10.0 Å². The van der Waals surface area contributed by atoms with E-state index in [1.807, 2.05) is 0 Å². The van der Waals surface area contributed by atoms with Gasteiger partial charge in [0.2, 0.25) is 0 Å². The number of nitrogens with two attached hydrogens (primary N) is 1. The Hall–Kier alpha value is -1.19. The van der Waals surface area contributed by atoms with E-state index >= 15 is 0 Å². The predicted molar refractivity (Wildman–Crippen MR) is 73.6 cm³/mol. The Morgan fingerprint density at radius 3 is 2.47 bits per heavy atom. The Kier molecular flexibility index (Phi) is 3.79. The topological polar surface area (TPSA) is 72.2 Å². The number of rotatable bonds is 3. The van der Waals surface area contributed by atoms with Gasteiger partial charge in [-0.3, -0.25) is 4.72 Å². The highest BCUT2D eigenvalue weighted by Crippen LogP contribution is 2.30. The maximum absolute atomic E-state index is 13.5. The summed E-state index contributed by atoms with van der Waals surface area (Å²) >= 11 is 3.80. The minimum atomic E-state index is -3.95. The van der Waals surface area contributed by atoms with Crippen molar-refractivity contribution in [1.82, 2.24) is 0 Å². The molecule has 1 aromatic carbocycles. The smallest absolute Gasteiger partial charge is 0.271 e. The molecule has 0 saturated carbocycles. The lowest BCUT2D eigenvalue weighted by atomic mass is 10.3. The molecule has 4 nitrogen and oxygen atoms in total. The fourth-order valence-electron chi connectivity index (χ4n) is 1.30. The number of hydrogen-bond acceptors (Lipinski definition) is 4. The maximum atomic E-state index is 13.5. The van der Waals surface area contributed by atoms with Crippen LogP contribution in [0.3, 0.4) is 0 Å². The van der Waals surface area contributed by atoms with Crippen LogP contribution in [0, 0.1) is 11.6 Å². The molecule has 0 spiro atoms. The second kappa shape index (κ2) is 5.06. The summed E-state index contributed by atoms with van der Waals surface area (Å²) < 4.78 is 52.3. The number of halogens is 3. The van der Waals surface area contributed by atoms with Crippen LogP contribution in [-0.4, -0.2) is 8.42 Å². The number of thiophene rings is 1. The Labute approximate surface area is 120 Å². The zero-order chi connectivity index (χ0) is 14.2. The first kappa shape index (κ1) is 14.2.